The second-order valence-electron chi connectivity index (χ2n) is 9.01. The molecular weight excluding hydrogens is 519 g/mol. The third kappa shape index (κ3) is 5.75. The van der Waals surface area contributed by atoms with Gasteiger partial charge >= 0.3 is 0 Å². The molecule has 194 valence electrons. The lowest BCUT2D eigenvalue weighted by atomic mass is 9.92. The van der Waals surface area contributed by atoms with E-state index in [1.807, 2.05) is 30.3 Å². The van der Waals surface area contributed by atoms with Gasteiger partial charge in [-0.2, -0.15) is 4.31 Å². The van der Waals surface area contributed by atoms with Crippen LogP contribution in [-0.4, -0.2) is 48.7 Å². The average Bonchev–Trinajstić information content (AvgIpc) is 3.18. The molecule has 0 unspecified atom stereocenters. The summed E-state index contributed by atoms with van der Waals surface area (Å²) in [5, 5.41) is 11.1. The number of halogens is 2. The first-order chi connectivity index (χ1) is 17.5. The summed E-state index contributed by atoms with van der Waals surface area (Å²) in [6, 6.07) is 18.9. The lowest BCUT2D eigenvalue weighted by Crippen LogP contribution is -2.47. The van der Waals surface area contributed by atoms with E-state index in [-0.39, 0.29) is 42.3 Å². The average molecular weight is 545 g/mol. The summed E-state index contributed by atoms with van der Waals surface area (Å²) in [6.07, 6.45) is -0.149. The van der Waals surface area contributed by atoms with Crippen LogP contribution in [-0.2, 0) is 32.6 Å². The number of carbonyl (C=O) groups is 2. The second-order valence-corrected chi connectivity index (χ2v) is 11.5. The first-order valence-corrected chi connectivity index (χ1v) is 13.5. The van der Waals surface area contributed by atoms with E-state index in [1.54, 1.807) is 0 Å². The molecule has 1 aliphatic heterocycles. The maximum atomic E-state index is 13.6. The number of Topliss-reactive ketones (excluding diaryl/α,β-unsaturated/α-hetero) is 1. The Hall–Kier alpha value is -3.11. The number of rotatable bonds is 9. The fraction of sp³-hybridized carbons (Fsp3) is 0.259. The van der Waals surface area contributed by atoms with Gasteiger partial charge in [0.05, 0.1) is 4.90 Å². The smallest absolute Gasteiger partial charge is 0.266 e. The SMILES string of the molecule is CN(Cc1ccccc1)S(=O)(=O)c1ccc(N2CC[C@](O)(C(=O)CCc3cc(F)cc(Cl)c3)C2=O)cc1. The molecule has 37 heavy (non-hydrogen) atoms. The number of amides is 1. The van der Waals surface area contributed by atoms with Crippen LogP contribution in [0, 0.1) is 5.82 Å². The highest BCUT2D eigenvalue weighted by molar-refractivity contribution is 7.89. The van der Waals surface area contributed by atoms with Crippen molar-refractivity contribution in [2.45, 2.75) is 36.3 Å². The van der Waals surface area contributed by atoms with Crippen LogP contribution < -0.4 is 4.90 Å². The molecule has 1 atom stereocenters. The second kappa shape index (κ2) is 10.7. The molecule has 10 heteroatoms. The number of benzene rings is 3. The van der Waals surface area contributed by atoms with Crippen LogP contribution in [0.5, 0.6) is 0 Å². The minimum atomic E-state index is -3.78. The fourth-order valence-electron chi connectivity index (χ4n) is 4.33. The van der Waals surface area contributed by atoms with Gasteiger partial charge in [0.15, 0.2) is 5.78 Å². The van der Waals surface area contributed by atoms with Crippen LogP contribution in [0.3, 0.4) is 0 Å². The van der Waals surface area contributed by atoms with Gasteiger partial charge in [0.1, 0.15) is 5.82 Å². The number of aliphatic hydroxyl groups is 1. The summed E-state index contributed by atoms with van der Waals surface area (Å²) in [5.74, 6) is -1.97. The van der Waals surface area contributed by atoms with Crippen LogP contribution in [0.4, 0.5) is 10.1 Å². The van der Waals surface area contributed by atoms with Crippen molar-refractivity contribution < 1.29 is 27.5 Å². The van der Waals surface area contributed by atoms with E-state index in [2.05, 4.69) is 0 Å². The number of anilines is 1. The Morgan fingerprint density at radius 1 is 1.08 bits per heavy atom. The third-order valence-corrected chi connectivity index (χ3v) is 8.46. The molecule has 1 fully saturated rings. The summed E-state index contributed by atoms with van der Waals surface area (Å²) in [6.45, 7) is 0.291. The lowest BCUT2D eigenvalue weighted by Gasteiger charge is -2.22. The monoisotopic (exact) mass is 544 g/mol. The van der Waals surface area contributed by atoms with Gasteiger partial charge in [-0.3, -0.25) is 9.59 Å². The molecule has 3 aromatic rings. The Balaban J connectivity index is 1.43. The molecule has 1 saturated heterocycles. The molecule has 0 spiro atoms. The standard InChI is InChI=1S/C27H26ClFN2O5S/c1-30(18-19-5-3-2-4-6-19)37(35,36)24-10-8-23(9-11-24)31-14-13-27(34,26(31)33)25(32)12-7-20-15-21(28)17-22(29)16-20/h2-6,8-11,15-17,34H,7,12-14,18H2,1H3/t27-/m0/s1. The molecule has 0 aromatic heterocycles. The number of hydrogen-bond donors (Lipinski definition) is 1. The molecular formula is C27H26ClFN2O5S. The molecule has 7 nitrogen and oxygen atoms in total. The molecule has 0 bridgehead atoms. The van der Waals surface area contributed by atoms with Crippen LogP contribution in [0.25, 0.3) is 0 Å². The Labute approximate surface area is 220 Å². The van der Waals surface area contributed by atoms with Crippen molar-refractivity contribution in [1.29, 1.82) is 0 Å². The van der Waals surface area contributed by atoms with Crippen molar-refractivity contribution in [3.05, 3.63) is 94.8 Å². The van der Waals surface area contributed by atoms with Gasteiger partial charge in [0.2, 0.25) is 15.6 Å². The van der Waals surface area contributed by atoms with E-state index in [9.17, 15) is 27.5 Å². The summed E-state index contributed by atoms with van der Waals surface area (Å²) < 4.78 is 40.8. The van der Waals surface area contributed by atoms with Crippen molar-refractivity contribution in [3.8, 4) is 0 Å². The lowest BCUT2D eigenvalue weighted by molar-refractivity contribution is -0.147. The van der Waals surface area contributed by atoms with Crippen molar-refractivity contribution in [1.82, 2.24) is 4.31 Å². The van der Waals surface area contributed by atoms with Gasteiger partial charge in [-0.1, -0.05) is 41.9 Å². The van der Waals surface area contributed by atoms with Crippen molar-refractivity contribution in [3.63, 3.8) is 0 Å². The molecule has 0 aliphatic carbocycles. The first-order valence-electron chi connectivity index (χ1n) is 11.6. The van der Waals surface area contributed by atoms with Gasteiger partial charge in [-0.25, -0.2) is 12.8 Å². The summed E-state index contributed by atoms with van der Waals surface area (Å²) in [7, 11) is -2.29. The molecule has 1 N–H and O–H groups in total. The zero-order chi connectivity index (χ0) is 26.8. The molecule has 0 radical (unpaired) electrons. The van der Waals surface area contributed by atoms with Crippen LogP contribution in [0.15, 0.2) is 77.7 Å². The van der Waals surface area contributed by atoms with Crippen LogP contribution in [0.1, 0.15) is 24.0 Å². The van der Waals surface area contributed by atoms with E-state index in [0.717, 1.165) is 11.6 Å². The normalized spacial score (nSPS) is 18.0. The van der Waals surface area contributed by atoms with Gasteiger partial charge < -0.3 is 10.0 Å². The number of ketones is 1. The quantitative estimate of drug-likeness (QED) is 0.411. The van der Waals surface area contributed by atoms with Gasteiger partial charge in [0.25, 0.3) is 5.91 Å². The molecule has 1 aliphatic rings. The van der Waals surface area contributed by atoms with Crippen molar-refractivity contribution >= 4 is 39.0 Å². The molecule has 1 heterocycles. The van der Waals surface area contributed by atoms with Crippen molar-refractivity contribution in [2.24, 2.45) is 0 Å². The molecule has 4 rings (SSSR count). The zero-order valence-electron chi connectivity index (χ0n) is 20.1. The fourth-order valence-corrected chi connectivity index (χ4v) is 5.74. The minimum Gasteiger partial charge on any atom is -0.373 e. The Morgan fingerprint density at radius 3 is 2.41 bits per heavy atom. The zero-order valence-corrected chi connectivity index (χ0v) is 21.7. The highest BCUT2D eigenvalue weighted by atomic mass is 35.5. The summed E-state index contributed by atoms with van der Waals surface area (Å²) in [4.78, 5) is 27.2. The van der Waals surface area contributed by atoms with E-state index in [1.165, 1.54) is 52.7 Å². The predicted molar refractivity (Wildman–Crippen MR) is 138 cm³/mol. The largest absolute Gasteiger partial charge is 0.373 e. The molecule has 1 amide bonds. The van der Waals surface area contributed by atoms with Gasteiger partial charge in [0, 0.05) is 43.7 Å². The Bertz CT molecular complexity index is 1400. The van der Waals surface area contributed by atoms with Crippen LogP contribution in [0.2, 0.25) is 5.02 Å². The molecule has 0 saturated carbocycles. The number of nitrogens with zero attached hydrogens (tertiary/aromatic N) is 2. The van der Waals surface area contributed by atoms with E-state index >= 15 is 0 Å². The summed E-state index contributed by atoms with van der Waals surface area (Å²) >= 11 is 5.85. The number of sulfonamides is 1. The minimum absolute atomic E-state index is 0.0569. The topological polar surface area (TPSA) is 95.0 Å². The number of hydrogen-bond acceptors (Lipinski definition) is 5. The van der Waals surface area contributed by atoms with Crippen LogP contribution >= 0.6 is 11.6 Å². The highest BCUT2D eigenvalue weighted by Gasteiger charge is 2.50. The Kier molecular flexibility index (Phi) is 7.80. The maximum absolute atomic E-state index is 13.6. The molecule has 3 aromatic carbocycles. The predicted octanol–water partition coefficient (Wildman–Crippen LogP) is 3.97. The number of carbonyl (C=O) groups excluding carboxylic acids is 2. The number of aryl methyl sites for hydroxylation is 1. The van der Waals surface area contributed by atoms with Gasteiger partial charge in [-0.05, 0) is 60.0 Å². The van der Waals surface area contributed by atoms with E-state index in [0.29, 0.717) is 11.3 Å². The Morgan fingerprint density at radius 2 is 1.76 bits per heavy atom. The highest BCUT2D eigenvalue weighted by Crippen LogP contribution is 2.31. The summed E-state index contributed by atoms with van der Waals surface area (Å²) in [5.41, 5.74) is -0.497. The van der Waals surface area contributed by atoms with E-state index in [4.69, 9.17) is 11.6 Å². The van der Waals surface area contributed by atoms with Gasteiger partial charge in [-0.15, -0.1) is 0 Å². The first kappa shape index (κ1) is 26.9. The third-order valence-electron chi connectivity index (χ3n) is 6.43. The van der Waals surface area contributed by atoms with Crippen molar-refractivity contribution in [2.75, 3.05) is 18.5 Å². The van der Waals surface area contributed by atoms with E-state index < -0.39 is 33.1 Å². The maximum Gasteiger partial charge on any atom is 0.266 e.